The van der Waals surface area contributed by atoms with Gasteiger partial charge in [0, 0.05) is 31.9 Å². The third-order valence-electron chi connectivity index (χ3n) is 6.28. The number of carbonyl (C=O) groups is 4. The second-order valence-corrected chi connectivity index (χ2v) is 11.7. The van der Waals surface area contributed by atoms with Crippen LogP contribution in [0, 0.1) is 0 Å². The van der Waals surface area contributed by atoms with Crippen molar-refractivity contribution in [1.29, 1.82) is 0 Å². The third kappa shape index (κ3) is 9.26. The van der Waals surface area contributed by atoms with Crippen molar-refractivity contribution in [1.82, 2.24) is 5.32 Å². The maximum absolute atomic E-state index is 13.4. The minimum atomic E-state index is -0.495. The van der Waals surface area contributed by atoms with Gasteiger partial charge in [-0.3, -0.25) is 19.2 Å². The molecular weight excluding hydrogens is 626 g/mol. The molecule has 0 heterocycles. The number of hydrogen-bond donors (Lipinski definition) is 3. The van der Waals surface area contributed by atoms with Crippen LogP contribution < -0.4 is 16.0 Å². The molecular formula is C34H30BrN3O4S. The summed E-state index contributed by atoms with van der Waals surface area (Å²) in [5, 5.41) is 8.13. The first-order chi connectivity index (χ1) is 20.7. The molecule has 0 aliphatic heterocycles. The van der Waals surface area contributed by atoms with Gasteiger partial charge < -0.3 is 16.0 Å². The highest BCUT2D eigenvalue weighted by Crippen LogP contribution is 2.29. The average molecular weight is 657 g/mol. The number of rotatable bonds is 11. The zero-order valence-electron chi connectivity index (χ0n) is 23.6. The molecule has 7 nitrogen and oxygen atoms in total. The van der Waals surface area contributed by atoms with Gasteiger partial charge in [-0.2, -0.15) is 0 Å². The van der Waals surface area contributed by atoms with Crippen molar-refractivity contribution in [2.75, 3.05) is 10.6 Å². The number of anilines is 2. The van der Waals surface area contributed by atoms with Gasteiger partial charge in [0.25, 0.3) is 11.8 Å². The van der Waals surface area contributed by atoms with Crippen molar-refractivity contribution in [3.05, 3.63) is 130 Å². The lowest BCUT2D eigenvalue weighted by atomic mass is 10.1. The summed E-state index contributed by atoms with van der Waals surface area (Å²) in [7, 11) is 0. The van der Waals surface area contributed by atoms with E-state index < -0.39 is 17.1 Å². The van der Waals surface area contributed by atoms with E-state index in [4.69, 9.17) is 0 Å². The van der Waals surface area contributed by atoms with E-state index in [2.05, 4.69) is 31.9 Å². The molecule has 4 rings (SSSR count). The van der Waals surface area contributed by atoms with Crippen molar-refractivity contribution < 1.29 is 19.2 Å². The van der Waals surface area contributed by atoms with E-state index in [9.17, 15) is 19.2 Å². The quantitative estimate of drug-likeness (QED) is 0.0878. The van der Waals surface area contributed by atoms with Gasteiger partial charge in [-0.25, -0.2) is 0 Å². The third-order valence-corrected chi connectivity index (χ3v) is 8.13. The summed E-state index contributed by atoms with van der Waals surface area (Å²) < 4.78 is 0.836. The van der Waals surface area contributed by atoms with Gasteiger partial charge in [-0.1, -0.05) is 59.3 Å². The van der Waals surface area contributed by atoms with Crippen LogP contribution in [-0.2, 0) is 9.59 Å². The molecule has 1 unspecified atom stereocenters. The molecule has 0 bridgehead atoms. The zero-order valence-corrected chi connectivity index (χ0v) is 26.0. The van der Waals surface area contributed by atoms with Gasteiger partial charge in [-0.05, 0) is 91.7 Å². The minimum absolute atomic E-state index is 0.0406. The maximum Gasteiger partial charge on any atom is 0.272 e. The van der Waals surface area contributed by atoms with Crippen LogP contribution in [0.25, 0.3) is 6.08 Å². The zero-order chi connectivity index (χ0) is 30.8. The SMILES string of the molecule is CCC(Sc1cccc(NC(=O)/C(=C\c2cccc(Br)c2)NC(=O)c2ccccc2)c1)C(=O)Nc1ccc(C(C)=O)cc1. The summed E-state index contributed by atoms with van der Waals surface area (Å²) in [5.74, 6) is -1.11. The summed E-state index contributed by atoms with van der Waals surface area (Å²) in [6.07, 6.45) is 2.18. The Morgan fingerprint density at radius 1 is 0.791 bits per heavy atom. The second kappa shape index (κ2) is 15.1. The molecule has 0 aliphatic rings. The molecule has 4 aromatic rings. The van der Waals surface area contributed by atoms with Gasteiger partial charge >= 0.3 is 0 Å². The van der Waals surface area contributed by atoms with Crippen LogP contribution in [-0.4, -0.2) is 28.8 Å². The highest BCUT2D eigenvalue weighted by molar-refractivity contribution is 9.10. The van der Waals surface area contributed by atoms with E-state index in [0.29, 0.717) is 28.9 Å². The lowest BCUT2D eigenvalue weighted by Crippen LogP contribution is -2.30. The first kappa shape index (κ1) is 31.5. The van der Waals surface area contributed by atoms with Crippen LogP contribution in [0.15, 0.2) is 118 Å². The van der Waals surface area contributed by atoms with Crippen LogP contribution in [0.4, 0.5) is 11.4 Å². The van der Waals surface area contributed by atoms with E-state index in [0.717, 1.165) is 14.9 Å². The predicted molar refractivity (Wildman–Crippen MR) is 176 cm³/mol. The monoisotopic (exact) mass is 655 g/mol. The Kier molecular flexibility index (Phi) is 11.1. The molecule has 0 radical (unpaired) electrons. The van der Waals surface area contributed by atoms with Crippen LogP contribution in [0.3, 0.4) is 0 Å². The Hall–Kier alpha value is -4.47. The highest BCUT2D eigenvalue weighted by Gasteiger charge is 2.19. The molecule has 0 aromatic heterocycles. The molecule has 0 spiro atoms. The summed E-state index contributed by atoms with van der Waals surface area (Å²) in [6.45, 7) is 3.42. The number of nitrogens with one attached hydrogen (secondary N) is 3. The molecule has 3 N–H and O–H groups in total. The van der Waals surface area contributed by atoms with E-state index in [1.807, 2.05) is 43.3 Å². The van der Waals surface area contributed by atoms with Crippen molar-refractivity contribution in [3.63, 3.8) is 0 Å². The fourth-order valence-corrected chi connectivity index (χ4v) is 5.48. The van der Waals surface area contributed by atoms with E-state index in [1.54, 1.807) is 72.8 Å². The van der Waals surface area contributed by atoms with Gasteiger partial charge in [0.2, 0.25) is 5.91 Å². The van der Waals surface area contributed by atoms with Crippen molar-refractivity contribution in [2.45, 2.75) is 30.4 Å². The van der Waals surface area contributed by atoms with Gasteiger partial charge in [0.1, 0.15) is 5.70 Å². The van der Waals surface area contributed by atoms with Gasteiger partial charge in [-0.15, -0.1) is 11.8 Å². The van der Waals surface area contributed by atoms with Crippen LogP contribution in [0.2, 0.25) is 0 Å². The molecule has 43 heavy (non-hydrogen) atoms. The molecule has 9 heteroatoms. The van der Waals surface area contributed by atoms with Crippen molar-refractivity contribution in [3.8, 4) is 0 Å². The van der Waals surface area contributed by atoms with Gasteiger partial charge in [0.05, 0.1) is 5.25 Å². The smallest absolute Gasteiger partial charge is 0.272 e. The summed E-state index contributed by atoms with van der Waals surface area (Å²) >= 11 is 4.82. The van der Waals surface area contributed by atoms with E-state index >= 15 is 0 Å². The number of ketones is 1. The van der Waals surface area contributed by atoms with Crippen LogP contribution >= 0.6 is 27.7 Å². The standard InChI is InChI=1S/C34H30BrN3O4S/c1-3-31(34(42)36-27-17-15-24(16-18-27)22(2)39)43-29-14-8-13-28(21-29)37-33(41)30(20-23-9-7-12-26(35)19-23)38-32(40)25-10-5-4-6-11-25/h4-21,31H,3H2,1-2H3,(H,36,42)(H,37,41)(H,38,40)/b30-20+. The van der Waals surface area contributed by atoms with Crippen molar-refractivity contribution >= 4 is 68.6 Å². The van der Waals surface area contributed by atoms with E-state index in [1.165, 1.54) is 18.7 Å². The Labute approximate surface area is 263 Å². The van der Waals surface area contributed by atoms with Gasteiger partial charge in [0.15, 0.2) is 5.78 Å². The maximum atomic E-state index is 13.4. The summed E-state index contributed by atoms with van der Waals surface area (Å²) in [5.41, 5.74) is 2.92. The Morgan fingerprint density at radius 2 is 1.51 bits per heavy atom. The topological polar surface area (TPSA) is 104 Å². The molecule has 218 valence electrons. The number of benzene rings is 4. The number of halogens is 1. The Morgan fingerprint density at radius 3 is 2.19 bits per heavy atom. The average Bonchev–Trinajstić information content (AvgIpc) is 3.00. The predicted octanol–water partition coefficient (Wildman–Crippen LogP) is 7.57. The molecule has 0 saturated heterocycles. The molecule has 0 saturated carbocycles. The van der Waals surface area contributed by atoms with Crippen molar-refractivity contribution in [2.24, 2.45) is 0 Å². The molecule has 0 fully saturated rings. The number of carbonyl (C=O) groups excluding carboxylic acids is 4. The van der Waals surface area contributed by atoms with Crippen LogP contribution in [0.1, 0.15) is 46.5 Å². The summed E-state index contributed by atoms with van der Waals surface area (Å²) in [4.78, 5) is 51.7. The lowest BCUT2D eigenvalue weighted by Gasteiger charge is -2.16. The Balaban J connectivity index is 1.48. The summed E-state index contributed by atoms with van der Waals surface area (Å²) in [6, 6.07) is 30.0. The number of thioether (sulfide) groups is 1. The Bertz CT molecular complexity index is 1660. The first-order valence-corrected chi connectivity index (χ1v) is 15.2. The number of hydrogen-bond acceptors (Lipinski definition) is 5. The largest absolute Gasteiger partial charge is 0.325 e. The van der Waals surface area contributed by atoms with E-state index in [-0.39, 0.29) is 17.4 Å². The highest BCUT2D eigenvalue weighted by atomic mass is 79.9. The number of Topliss-reactive ketones (excluding diaryl/α,β-unsaturated/α-hetero) is 1. The lowest BCUT2D eigenvalue weighted by molar-refractivity contribution is -0.116. The normalized spacial score (nSPS) is 11.7. The minimum Gasteiger partial charge on any atom is -0.325 e. The molecule has 4 aromatic carbocycles. The fourth-order valence-electron chi connectivity index (χ4n) is 4.05. The fraction of sp³-hybridized carbons (Fsp3) is 0.118. The second-order valence-electron chi connectivity index (χ2n) is 9.55. The van der Waals surface area contributed by atoms with Crippen LogP contribution in [0.5, 0.6) is 0 Å². The number of amides is 3. The first-order valence-electron chi connectivity index (χ1n) is 13.6. The molecule has 3 amide bonds. The molecule has 0 aliphatic carbocycles. The molecule has 1 atom stereocenters.